The summed E-state index contributed by atoms with van der Waals surface area (Å²) in [6, 6.07) is 21.1. The fourth-order valence-corrected chi connectivity index (χ4v) is 7.74. The van der Waals surface area contributed by atoms with Crippen molar-refractivity contribution in [2.24, 2.45) is 0 Å². The lowest BCUT2D eigenvalue weighted by Gasteiger charge is -2.42. The molecule has 3 nitrogen and oxygen atoms in total. The predicted molar refractivity (Wildman–Crippen MR) is 109 cm³/mol. The van der Waals surface area contributed by atoms with Gasteiger partial charge >= 0.3 is 5.97 Å². The van der Waals surface area contributed by atoms with Crippen LogP contribution in [0.1, 0.15) is 27.7 Å². The Balaban J connectivity index is 2.36. The third-order valence-corrected chi connectivity index (χ3v) is 9.37. The number of rotatable bonds is 7. The van der Waals surface area contributed by atoms with Crippen molar-refractivity contribution < 1.29 is 14.0 Å². The van der Waals surface area contributed by atoms with E-state index in [1.807, 2.05) is 24.3 Å². The van der Waals surface area contributed by atoms with Crippen LogP contribution in [-0.2, 0) is 14.0 Å². The van der Waals surface area contributed by atoms with Gasteiger partial charge in [0.25, 0.3) is 8.32 Å². The van der Waals surface area contributed by atoms with Crippen molar-refractivity contribution >= 4 is 24.7 Å². The van der Waals surface area contributed by atoms with E-state index < -0.39 is 8.32 Å². The van der Waals surface area contributed by atoms with E-state index >= 15 is 0 Å². The SMILES string of the molecule is CC(=O)OCC=CCO[Si](c1ccccc1)(c1ccccc1)C(C)(C)C. The van der Waals surface area contributed by atoms with Gasteiger partial charge in [0.2, 0.25) is 0 Å². The Bertz CT molecular complexity index is 679. The number of hydrogen-bond acceptors (Lipinski definition) is 3. The van der Waals surface area contributed by atoms with Gasteiger partial charge in [0.15, 0.2) is 0 Å². The molecule has 0 aliphatic rings. The molecule has 138 valence electrons. The first-order chi connectivity index (χ1) is 12.4. The average molecular weight is 369 g/mol. The number of carbonyl (C=O) groups is 1. The van der Waals surface area contributed by atoms with Crippen LogP contribution in [0.15, 0.2) is 72.8 Å². The average Bonchev–Trinajstić information content (AvgIpc) is 2.61. The number of hydrogen-bond donors (Lipinski definition) is 0. The molecule has 0 saturated carbocycles. The molecule has 0 aromatic heterocycles. The maximum Gasteiger partial charge on any atom is 0.302 e. The Labute approximate surface area is 157 Å². The van der Waals surface area contributed by atoms with Gasteiger partial charge in [0, 0.05) is 6.92 Å². The third kappa shape index (κ3) is 4.71. The summed E-state index contributed by atoms with van der Waals surface area (Å²) in [4.78, 5) is 10.9. The maximum absolute atomic E-state index is 10.9. The van der Waals surface area contributed by atoms with Crippen molar-refractivity contribution in [3.05, 3.63) is 72.8 Å². The smallest absolute Gasteiger partial charge is 0.302 e. The lowest BCUT2D eigenvalue weighted by atomic mass is 10.2. The zero-order valence-electron chi connectivity index (χ0n) is 16.1. The molecule has 2 aromatic carbocycles. The van der Waals surface area contributed by atoms with E-state index in [4.69, 9.17) is 9.16 Å². The summed E-state index contributed by atoms with van der Waals surface area (Å²) >= 11 is 0. The molecular weight excluding hydrogens is 340 g/mol. The number of esters is 1. The molecule has 2 rings (SSSR count). The molecule has 4 heteroatoms. The van der Waals surface area contributed by atoms with Gasteiger partial charge in [-0.2, -0.15) is 0 Å². The van der Waals surface area contributed by atoms with E-state index in [1.54, 1.807) is 0 Å². The molecule has 0 radical (unpaired) electrons. The summed E-state index contributed by atoms with van der Waals surface area (Å²) in [5, 5.41) is 2.47. The van der Waals surface area contributed by atoms with Gasteiger partial charge in [-0.3, -0.25) is 4.79 Å². The van der Waals surface area contributed by atoms with E-state index in [0.717, 1.165) is 0 Å². The molecule has 0 spiro atoms. The second-order valence-corrected chi connectivity index (χ2v) is 11.6. The summed E-state index contributed by atoms with van der Waals surface area (Å²) in [6.45, 7) is 8.92. The van der Waals surface area contributed by atoms with Gasteiger partial charge in [0.1, 0.15) is 6.61 Å². The quantitative estimate of drug-likeness (QED) is 0.425. The van der Waals surface area contributed by atoms with Crippen LogP contribution in [0.25, 0.3) is 0 Å². The number of carbonyl (C=O) groups excluding carboxylic acids is 1. The highest BCUT2D eigenvalue weighted by Gasteiger charge is 2.49. The van der Waals surface area contributed by atoms with Crippen LogP contribution >= 0.6 is 0 Å². The zero-order chi connectivity index (χ0) is 19.0. The molecular formula is C22H28O3Si. The highest BCUT2D eigenvalue weighted by Crippen LogP contribution is 2.36. The second-order valence-electron chi connectivity index (χ2n) is 7.25. The van der Waals surface area contributed by atoms with Crippen molar-refractivity contribution in [1.29, 1.82) is 0 Å². The molecule has 2 aromatic rings. The van der Waals surface area contributed by atoms with E-state index in [0.29, 0.717) is 6.61 Å². The Morgan fingerprint density at radius 2 is 1.35 bits per heavy atom. The molecule has 0 unspecified atom stereocenters. The van der Waals surface area contributed by atoms with Gasteiger partial charge < -0.3 is 9.16 Å². The Kier molecular flexibility index (Phi) is 6.95. The predicted octanol–water partition coefficient (Wildman–Crippen LogP) is 3.68. The zero-order valence-corrected chi connectivity index (χ0v) is 17.1. The van der Waals surface area contributed by atoms with E-state index in [1.165, 1.54) is 17.3 Å². The van der Waals surface area contributed by atoms with Crippen molar-refractivity contribution in [3.8, 4) is 0 Å². The van der Waals surface area contributed by atoms with E-state index in [-0.39, 0.29) is 17.6 Å². The highest BCUT2D eigenvalue weighted by molar-refractivity contribution is 6.99. The largest absolute Gasteiger partial charge is 0.462 e. The van der Waals surface area contributed by atoms with Crippen molar-refractivity contribution in [3.63, 3.8) is 0 Å². The van der Waals surface area contributed by atoms with Crippen LogP contribution in [-0.4, -0.2) is 27.5 Å². The fourth-order valence-electron chi connectivity index (χ4n) is 3.24. The summed E-state index contributed by atoms with van der Waals surface area (Å²) in [6.07, 6.45) is 3.77. The van der Waals surface area contributed by atoms with E-state index in [2.05, 4.69) is 69.3 Å². The van der Waals surface area contributed by atoms with Gasteiger partial charge in [-0.25, -0.2) is 0 Å². The van der Waals surface area contributed by atoms with Gasteiger partial charge in [-0.1, -0.05) is 87.5 Å². The lowest BCUT2D eigenvalue weighted by molar-refractivity contribution is -0.139. The number of benzene rings is 2. The van der Waals surface area contributed by atoms with Crippen LogP contribution in [0, 0.1) is 0 Å². The fraction of sp³-hybridized carbons (Fsp3) is 0.318. The van der Waals surface area contributed by atoms with Crippen molar-refractivity contribution in [2.75, 3.05) is 13.2 Å². The Morgan fingerprint density at radius 1 is 0.885 bits per heavy atom. The van der Waals surface area contributed by atoms with Crippen molar-refractivity contribution in [1.82, 2.24) is 0 Å². The molecule has 0 amide bonds. The summed E-state index contributed by atoms with van der Waals surface area (Å²) in [7, 11) is -2.49. The van der Waals surface area contributed by atoms with Crippen LogP contribution in [0.5, 0.6) is 0 Å². The number of ether oxygens (including phenoxy) is 1. The first kappa shape index (κ1) is 20.1. The van der Waals surface area contributed by atoms with Gasteiger partial charge in [0.05, 0.1) is 6.61 Å². The topological polar surface area (TPSA) is 35.5 Å². The molecule has 0 bridgehead atoms. The molecule has 0 saturated heterocycles. The highest BCUT2D eigenvalue weighted by atomic mass is 28.4. The first-order valence-corrected chi connectivity index (χ1v) is 10.8. The lowest BCUT2D eigenvalue weighted by Crippen LogP contribution is -2.66. The summed E-state index contributed by atoms with van der Waals surface area (Å²) in [5.41, 5.74) is 0. The third-order valence-electron chi connectivity index (χ3n) is 4.36. The maximum atomic E-state index is 10.9. The standard InChI is InChI=1S/C22H28O3Si/c1-19(23)24-17-11-12-18-25-26(22(2,3)4,20-13-7-5-8-14-20)21-15-9-6-10-16-21/h5-16H,17-18H2,1-4H3. The minimum absolute atomic E-state index is 0.0422. The minimum atomic E-state index is -2.49. The van der Waals surface area contributed by atoms with Crippen LogP contribution in [0.4, 0.5) is 0 Å². The molecule has 26 heavy (non-hydrogen) atoms. The molecule has 0 N–H and O–H groups in total. The minimum Gasteiger partial charge on any atom is -0.462 e. The van der Waals surface area contributed by atoms with Crippen LogP contribution in [0.3, 0.4) is 0 Å². The van der Waals surface area contributed by atoms with Crippen molar-refractivity contribution in [2.45, 2.75) is 32.7 Å². The summed E-state index contributed by atoms with van der Waals surface area (Å²) in [5.74, 6) is -0.275. The summed E-state index contributed by atoms with van der Waals surface area (Å²) < 4.78 is 11.6. The first-order valence-electron chi connectivity index (χ1n) is 8.91. The van der Waals surface area contributed by atoms with E-state index in [9.17, 15) is 4.79 Å². The molecule has 0 aliphatic heterocycles. The molecule has 0 atom stereocenters. The van der Waals surface area contributed by atoms with Crippen LogP contribution < -0.4 is 10.4 Å². The molecule has 0 aliphatic carbocycles. The van der Waals surface area contributed by atoms with Crippen LogP contribution in [0.2, 0.25) is 5.04 Å². The second kappa shape index (κ2) is 8.97. The molecule has 0 fully saturated rings. The Morgan fingerprint density at radius 3 is 1.77 bits per heavy atom. The van der Waals surface area contributed by atoms with Gasteiger partial charge in [-0.15, -0.1) is 0 Å². The van der Waals surface area contributed by atoms with Gasteiger partial charge in [-0.05, 0) is 21.5 Å². The monoisotopic (exact) mass is 368 g/mol. The molecule has 0 heterocycles. The normalized spacial score (nSPS) is 12.3. The Hall–Kier alpha value is -2.17.